The lowest BCUT2D eigenvalue weighted by atomic mass is 9.90. The van der Waals surface area contributed by atoms with Crippen LogP contribution in [0.3, 0.4) is 0 Å². The molecule has 386 valence electrons. The van der Waals surface area contributed by atoms with Gasteiger partial charge in [-0.25, -0.2) is 0 Å². The van der Waals surface area contributed by atoms with E-state index in [2.05, 4.69) is 109 Å². The third kappa shape index (κ3) is 9.08. The molecular formula is C74H54O6. The second kappa shape index (κ2) is 20.9. The zero-order valence-electron chi connectivity index (χ0n) is 44.0. The van der Waals surface area contributed by atoms with Crippen molar-refractivity contribution in [2.24, 2.45) is 0 Å². The molecule has 0 saturated heterocycles. The predicted molar refractivity (Wildman–Crippen MR) is 326 cm³/mol. The Hall–Kier alpha value is -9.78. The Kier molecular flexibility index (Phi) is 12.7. The van der Waals surface area contributed by atoms with Gasteiger partial charge in [0.05, 0.1) is 0 Å². The number of benzene rings is 14. The smallest absolute Gasteiger partial charge is 0.311 e. The molecule has 0 saturated carbocycles. The first-order valence-corrected chi connectivity index (χ1v) is 27.7. The molecule has 0 unspecified atom stereocenters. The zero-order valence-corrected chi connectivity index (χ0v) is 44.0. The monoisotopic (exact) mass is 1040 g/mol. The number of hydrogen-bond acceptors (Lipinski definition) is 6. The van der Waals surface area contributed by atoms with Crippen LogP contribution in [0.5, 0.6) is 23.0 Å². The second-order valence-corrected chi connectivity index (χ2v) is 21.0. The van der Waals surface area contributed by atoms with Crippen LogP contribution in [0.25, 0.3) is 97.3 Å². The number of aryl methyl sites for hydroxylation is 2. The Morgan fingerprint density at radius 3 is 1.09 bits per heavy atom. The summed E-state index contributed by atoms with van der Waals surface area (Å²) < 4.78 is 27.1. The molecule has 6 nitrogen and oxygen atoms in total. The first-order valence-electron chi connectivity index (χ1n) is 27.7. The molecule has 14 aromatic rings. The van der Waals surface area contributed by atoms with Gasteiger partial charge < -0.3 is 18.9 Å². The van der Waals surface area contributed by atoms with E-state index in [4.69, 9.17) is 18.9 Å². The number of carbonyl (C=O) groups excluding carboxylic acids is 2. The molecule has 0 radical (unpaired) electrons. The van der Waals surface area contributed by atoms with Crippen LogP contribution in [0.15, 0.2) is 231 Å². The highest BCUT2D eigenvalue weighted by atomic mass is 16.6. The molecule has 0 amide bonds. The fraction of sp³-hybridized carbons (Fsp3) is 0.108. The minimum absolute atomic E-state index is 0.140. The van der Waals surface area contributed by atoms with Gasteiger partial charge in [-0.15, -0.1) is 0 Å². The number of rotatable bonds is 17. The fourth-order valence-electron chi connectivity index (χ4n) is 12.2. The number of hydrogen-bond donors (Lipinski definition) is 0. The van der Waals surface area contributed by atoms with E-state index in [9.17, 15) is 9.59 Å². The topological polar surface area (TPSA) is 71.1 Å². The Morgan fingerprint density at radius 2 is 0.662 bits per heavy atom. The largest absolute Gasteiger partial charge is 0.485 e. The highest BCUT2D eigenvalue weighted by Crippen LogP contribution is 2.53. The van der Waals surface area contributed by atoms with E-state index in [0.29, 0.717) is 48.3 Å². The number of esters is 2. The van der Waals surface area contributed by atoms with Gasteiger partial charge in [-0.1, -0.05) is 218 Å². The molecular weight excluding hydrogens is 985 g/mol. The van der Waals surface area contributed by atoms with Crippen molar-refractivity contribution >= 4 is 98.1 Å². The van der Waals surface area contributed by atoms with Gasteiger partial charge in [0, 0.05) is 24.0 Å². The molecule has 0 spiro atoms. The normalized spacial score (nSPS) is 11.8. The van der Waals surface area contributed by atoms with E-state index >= 15 is 0 Å². The summed E-state index contributed by atoms with van der Waals surface area (Å²) in [4.78, 5) is 29.5. The van der Waals surface area contributed by atoms with Crippen LogP contribution < -0.4 is 18.9 Å². The summed E-state index contributed by atoms with van der Waals surface area (Å²) >= 11 is 0. The van der Waals surface area contributed by atoms with Crippen LogP contribution in [-0.4, -0.2) is 11.9 Å². The van der Waals surface area contributed by atoms with Crippen molar-refractivity contribution in [1.29, 1.82) is 0 Å². The van der Waals surface area contributed by atoms with Crippen molar-refractivity contribution < 1.29 is 28.5 Å². The average molecular weight is 1040 g/mol. The summed E-state index contributed by atoms with van der Waals surface area (Å²) in [5.41, 5.74) is 5.39. The average Bonchev–Trinajstić information content (AvgIpc) is 3.64. The molecule has 0 bridgehead atoms. The molecule has 14 aromatic carbocycles. The van der Waals surface area contributed by atoms with E-state index in [1.807, 2.05) is 121 Å². The predicted octanol–water partition coefficient (Wildman–Crippen LogP) is 18.5. The minimum Gasteiger partial charge on any atom is -0.485 e. The van der Waals surface area contributed by atoms with E-state index in [0.717, 1.165) is 32.7 Å². The molecule has 0 aliphatic rings. The van der Waals surface area contributed by atoms with E-state index in [-0.39, 0.29) is 37.6 Å². The molecule has 0 aliphatic heterocycles. The maximum Gasteiger partial charge on any atom is 0.311 e. The molecule has 0 fully saturated rings. The number of ether oxygens (including phenoxy) is 4. The maximum atomic E-state index is 14.8. The number of carbonyl (C=O) groups is 2. The van der Waals surface area contributed by atoms with Crippen molar-refractivity contribution in [3.05, 3.63) is 253 Å². The van der Waals surface area contributed by atoms with Gasteiger partial charge >= 0.3 is 11.9 Å². The first-order chi connectivity index (χ1) is 39.5. The lowest BCUT2D eigenvalue weighted by Gasteiger charge is -2.23. The van der Waals surface area contributed by atoms with Gasteiger partial charge in [-0.05, 0) is 146 Å². The Morgan fingerprint density at radius 1 is 0.312 bits per heavy atom. The second-order valence-electron chi connectivity index (χ2n) is 21.0. The van der Waals surface area contributed by atoms with Gasteiger partial charge in [0.1, 0.15) is 13.2 Å². The van der Waals surface area contributed by atoms with Gasteiger partial charge in [-0.3, -0.25) is 9.59 Å². The van der Waals surface area contributed by atoms with Crippen LogP contribution in [0.2, 0.25) is 0 Å². The quantitative estimate of drug-likeness (QED) is 0.0514. The van der Waals surface area contributed by atoms with Gasteiger partial charge in [0.15, 0.2) is 23.0 Å². The fourth-order valence-corrected chi connectivity index (χ4v) is 12.2. The molecule has 0 heterocycles. The molecule has 0 aliphatic carbocycles. The highest BCUT2D eigenvalue weighted by molar-refractivity contribution is 6.25. The van der Waals surface area contributed by atoms with Gasteiger partial charge in [0.2, 0.25) is 0 Å². The standard InChI is InChI=1S/C74H54O6/c75-65(29-13-21-49-31-33-55-37-35-51-23-11-25-53-39-41-61(49)69(55)67(51)53)79-73-63(77-45-47-15-3-1-4-16-47)43-57-19-7-9-27-59(57)71(73)72-60-28-10-8-20-58(60)44-64(78-46-48-17-5-2-6-18-48)74(72)80-66(76)30-14-22-50-32-34-56-38-36-52-24-12-26-54-40-42-62(50)70(56)68(52)54/h1-12,15-20,23-28,31-44H,13-14,21-22,29-30,45-46H2. The Labute approximate surface area is 463 Å². The zero-order chi connectivity index (χ0) is 53.5. The van der Waals surface area contributed by atoms with Crippen LogP contribution >= 0.6 is 0 Å². The molecule has 14 rings (SSSR count). The maximum absolute atomic E-state index is 14.8. The van der Waals surface area contributed by atoms with Crippen molar-refractivity contribution in [2.45, 2.75) is 51.7 Å². The molecule has 6 heteroatoms. The van der Waals surface area contributed by atoms with Crippen molar-refractivity contribution in [3.8, 4) is 34.1 Å². The highest BCUT2D eigenvalue weighted by Gasteiger charge is 2.29. The Balaban J connectivity index is 0.847. The summed E-state index contributed by atoms with van der Waals surface area (Å²) in [6.07, 6.45) is 2.73. The van der Waals surface area contributed by atoms with Crippen molar-refractivity contribution in [3.63, 3.8) is 0 Å². The van der Waals surface area contributed by atoms with Crippen molar-refractivity contribution in [1.82, 2.24) is 0 Å². The van der Waals surface area contributed by atoms with Crippen LogP contribution in [0, 0.1) is 0 Å². The third-order valence-corrected chi connectivity index (χ3v) is 16.0. The molecule has 0 aromatic heterocycles. The molecule has 80 heavy (non-hydrogen) atoms. The molecule has 0 atom stereocenters. The molecule has 0 N–H and O–H groups in total. The summed E-state index contributed by atoms with van der Waals surface area (Å²) in [7, 11) is 0. The summed E-state index contributed by atoms with van der Waals surface area (Å²) in [6, 6.07) is 79.1. The lowest BCUT2D eigenvalue weighted by molar-refractivity contribution is -0.135. The first kappa shape index (κ1) is 48.6. The van der Waals surface area contributed by atoms with E-state index in [1.54, 1.807) is 0 Å². The lowest BCUT2D eigenvalue weighted by Crippen LogP contribution is -2.13. The van der Waals surface area contributed by atoms with Gasteiger partial charge in [-0.2, -0.15) is 0 Å². The number of fused-ring (bicyclic) bond motifs is 2. The summed E-state index contributed by atoms with van der Waals surface area (Å²) in [5, 5.41) is 18.0. The van der Waals surface area contributed by atoms with Gasteiger partial charge in [0.25, 0.3) is 0 Å². The van der Waals surface area contributed by atoms with E-state index in [1.165, 1.54) is 75.8 Å². The summed E-state index contributed by atoms with van der Waals surface area (Å²) in [5.74, 6) is 0.429. The SMILES string of the molecule is O=C(CCCc1ccc2ccc3cccc4ccc1c2c34)Oc1c(OCc2ccccc2)cc2ccccc2c1-c1c(OC(=O)CCCc2ccc3ccc4cccc5ccc2c3c45)c(OCc2ccccc2)cc2ccccc12. The van der Waals surface area contributed by atoms with E-state index < -0.39 is 11.9 Å². The van der Waals surface area contributed by atoms with Crippen LogP contribution in [0.1, 0.15) is 47.9 Å². The summed E-state index contributed by atoms with van der Waals surface area (Å²) in [6.45, 7) is 0.430. The van der Waals surface area contributed by atoms with Crippen LogP contribution in [0.4, 0.5) is 0 Å². The minimum atomic E-state index is -0.407. The van der Waals surface area contributed by atoms with Crippen LogP contribution in [-0.2, 0) is 35.6 Å². The third-order valence-electron chi connectivity index (χ3n) is 16.0. The van der Waals surface area contributed by atoms with Crippen molar-refractivity contribution in [2.75, 3.05) is 0 Å². The Bertz CT molecular complexity index is 4310.